The van der Waals surface area contributed by atoms with E-state index in [0.717, 1.165) is 5.56 Å². The van der Waals surface area contributed by atoms with E-state index >= 15 is 0 Å². The summed E-state index contributed by atoms with van der Waals surface area (Å²) < 4.78 is 18.1. The van der Waals surface area contributed by atoms with Crippen LogP contribution in [0.3, 0.4) is 0 Å². The fourth-order valence-electron chi connectivity index (χ4n) is 1.40. The van der Waals surface area contributed by atoms with Gasteiger partial charge in [-0.3, -0.25) is 0 Å². The molecule has 0 aliphatic rings. The Kier molecular flexibility index (Phi) is 3.16. The third-order valence-corrected chi connectivity index (χ3v) is 2.40. The Labute approximate surface area is 97.1 Å². The zero-order valence-electron chi connectivity index (χ0n) is 9.22. The second-order valence-corrected chi connectivity index (χ2v) is 3.71. The lowest BCUT2D eigenvalue weighted by atomic mass is 10.1. The van der Waals surface area contributed by atoms with E-state index in [1.165, 1.54) is 12.1 Å². The molecular formula is C11H12FN3O2. The fraction of sp³-hybridized carbons (Fsp3) is 0.273. The molecule has 1 heterocycles. The number of benzene rings is 1. The predicted octanol–water partition coefficient (Wildman–Crippen LogP) is 1.18. The van der Waals surface area contributed by atoms with Crippen molar-refractivity contribution in [2.45, 2.75) is 13.0 Å². The molecule has 0 saturated carbocycles. The normalized spacial score (nSPS) is 12.7. The van der Waals surface area contributed by atoms with Crippen molar-refractivity contribution < 1.29 is 14.0 Å². The van der Waals surface area contributed by atoms with Crippen LogP contribution >= 0.6 is 0 Å². The average molecular weight is 237 g/mol. The third kappa shape index (κ3) is 2.32. The molecule has 2 aromatic rings. The van der Waals surface area contributed by atoms with Crippen LogP contribution in [0.1, 0.15) is 17.4 Å². The summed E-state index contributed by atoms with van der Waals surface area (Å²) in [5.74, 6) is 0.0175. The van der Waals surface area contributed by atoms with Crippen LogP contribution in [0.15, 0.2) is 22.7 Å². The van der Waals surface area contributed by atoms with Crippen molar-refractivity contribution in [3.05, 3.63) is 35.4 Å². The molecule has 90 valence electrons. The summed E-state index contributed by atoms with van der Waals surface area (Å²) in [6, 6.07) is 3.61. The van der Waals surface area contributed by atoms with Crippen molar-refractivity contribution in [3.63, 3.8) is 0 Å². The Balaban J connectivity index is 2.40. The molecule has 1 unspecified atom stereocenters. The first-order valence-corrected chi connectivity index (χ1v) is 5.08. The molecule has 0 aliphatic heterocycles. The van der Waals surface area contributed by atoms with E-state index < -0.39 is 6.04 Å². The van der Waals surface area contributed by atoms with Crippen LogP contribution in [0, 0.1) is 12.7 Å². The highest BCUT2D eigenvalue weighted by Crippen LogP contribution is 2.23. The molecule has 5 nitrogen and oxygen atoms in total. The van der Waals surface area contributed by atoms with E-state index in [-0.39, 0.29) is 24.1 Å². The Bertz CT molecular complexity index is 527. The third-order valence-electron chi connectivity index (χ3n) is 2.40. The number of hydrogen-bond donors (Lipinski definition) is 2. The van der Waals surface area contributed by atoms with Crippen molar-refractivity contribution in [3.8, 4) is 11.5 Å². The Morgan fingerprint density at radius 1 is 1.53 bits per heavy atom. The molecular weight excluding hydrogens is 225 g/mol. The molecule has 3 N–H and O–H groups in total. The summed E-state index contributed by atoms with van der Waals surface area (Å²) >= 11 is 0. The number of aryl methyl sites for hydroxylation is 1. The van der Waals surface area contributed by atoms with E-state index in [2.05, 4.69) is 10.1 Å². The van der Waals surface area contributed by atoms with Gasteiger partial charge in [0, 0.05) is 5.56 Å². The summed E-state index contributed by atoms with van der Waals surface area (Å²) in [6.07, 6.45) is 0. The van der Waals surface area contributed by atoms with E-state index in [1.807, 2.05) is 6.92 Å². The van der Waals surface area contributed by atoms with Crippen molar-refractivity contribution in [2.24, 2.45) is 5.73 Å². The van der Waals surface area contributed by atoms with Gasteiger partial charge in [0.2, 0.25) is 0 Å². The highest BCUT2D eigenvalue weighted by atomic mass is 19.1. The maximum atomic E-state index is 13.1. The van der Waals surface area contributed by atoms with Gasteiger partial charge in [-0.05, 0) is 24.6 Å². The maximum Gasteiger partial charge on any atom is 0.258 e. The van der Waals surface area contributed by atoms with Crippen LogP contribution in [0.4, 0.5) is 4.39 Å². The van der Waals surface area contributed by atoms with Crippen LogP contribution in [-0.4, -0.2) is 21.9 Å². The van der Waals surface area contributed by atoms with Gasteiger partial charge in [0.05, 0.1) is 12.6 Å². The summed E-state index contributed by atoms with van der Waals surface area (Å²) in [5, 5.41) is 12.5. The molecule has 1 aromatic heterocycles. The Morgan fingerprint density at radius 2 is 2.29 bits per heavy atom. The smallest absolute Gasteiger partial charge is 0.258 e. The van der Waals surface area contributed by atoms with E-state index in [4.69, 9.17) is 15.4 Å². The van der Waals surface area contributed by atoms with Crippen molar-refractivity contribution in [1.82, 2.24) is 10.1 Å². The molecule has 0 radical (unpaired) electrons. The van der Waals surface area contributed by atoms with Crippen LogP contribution < -0.4 is 5.73 Å². The number of halogens is 1. The van der Waals surface area contributed by atoms with Crippen LogP contribution in [0.2, 0.25) is 0 Å². The van der Waals surface area contributed by atoms with Crippen molar-refractivity contribution >= 4 is 0 Å². The standard InChI is InChI=1S/C11H12FN3O2/c1-6-2-3-7(12)4-8(6)11-14-10(15-17-11)9(13)5-16/h2-4,9,16H,5,13H2,1H3. The topological polar surface area (TPSA) is 85.2 Å². The summed E-state index contributed by atoms with van der Waals surface area (Å²) in [4.78, 5) is 4.02. The molecule has 1 aromatic carbocycles. The van der Waals surface area contributed by atoms with Gasteiger partial charge < -0.3 is 15.4 Å². The van der Waals surface area contributed by atoms with Crippen molar-refractivity contribution in [1.29, 1.82) is 0 Å². The molecule has 1 atom stereocenters. The Morgan fingerprint density at radius 3 is 3.00 bits per heavy atom. The number of aliphatic hydroxyl groups excluding tert-OH is 1. The van der Waals surface area contributed by atoms with Gasteiger partial charge in [-0.1, -0.05) is 11.2 Å². The Hall–Kier alpha value is -1.79. The minimum atomic E-state index is -0.693. The molecule has 0 saturated heterocycles. The van der Waals surface area contributed by atoms with Crippen LogP contribution in [-0.2, 0) is 0 Å². The first-order valence-electron chi connectivity index (χ1n) is 5.08. The van der Waals surface area contributed by atoms with Gasteiger partial charge in [-0.25, -0.2) is 4.39 Å². The highest BCUT2D eigenvalue weighted by Gasteiger charge is 2.16. The number of aliphatic hydroxyl groups is 1. The number of nitrogens with two attached hydrogens (primary N) is 1. The lowest BCUT2D eigenvalue weighted by molar-refractivity contribution is 0.260. The van der Waals surface area contributed by atoms with Crippen LogP contribution in [0.5, 0.6) is 0 Å². The summed E-state index contributed by atoms with van der Waals surface area (Å²) in [5.41, 5.74) is 6.89. The minimum absolute atomic E-state index is 0.195. The second kappa shape index (κ2) is 4.60. The van der Waals surface area contributed by atoms with Gasteiger partial charge >= 0.3 is 0 Å². The molecule has 0 fully saturated rings. The second-order valence-electron chi connectivity index (χ2n) is 3.71. The first-order chi connectivity index (χ1) is 8.11. The first kappa shape index (κ1) is 11.7. The minimum Gasteiger partial charge on any atom is -0.394 e. The van der Waals surface area contributed by atoms with Gasteiger partial charge in [0.25, 0.3) is 5.89 Å². The zero-order chi connectivity index (χ0) is 12.4. The largest absolute Gasteiger partial charge is 0.394 e. The number of aromatic nitrogens is 2. The van der Waals surface area contributed by atoms with E-state index in [0.29, 0.717) is 5.56 Å². The lowest BCUT2D eigenvalue weighted by Crippen LogP contribution is -2.15. The zero-order valence-corrected chi connectivity index (χ0v) is 9.22. The molecule has 2 rings (SSSR count). The summed E-state index contributed by atoms with van der Waals surface area (Å²) in [7, 11) is 0. The highest BCUT2D eigenvalue weighted by molar-refractivity contribution is 5.58. The molecule has 0 amide bonds. The number of rotatable bonds is 3. The van der Waals surface area contributed by atoms with E-state index in [1.54, 1.807) is 6.07 Å². The lowest BCUT2D eigenvalue weighted by Gasteiger charge is -2.00. The van der Waals surface area contributed by atoms with Gasteiger partial charge in [0.15, 0.2) is 5.82 Å². The molecule has 0 aliphatic carbocycles. The average Bonchev–Trinajstić information content (AvgIpc) is 2.80. The molecule has 6 heteroatoms. The van der Waals surface area contributed by atoms with E-state index in [9.17, 15) is 4.39 Å². The summed E-state index contributed by atoms with van der Waals surface area (Å²) in [6.45, 7) is 1.53. The van der Waals surface area contributed by atoms with Gasteiger partial charge in [-0.2, -0.15) is 4.98 Å². The maximum absolute atomic E-state index is 13.1. The number of hydrogen-bond acceptors (Lipinski definition) is 5. The van der Waals surface area contributed by atoms with Crippen molar-refractivity contribution in [2.75, 3.05) is 6.61 Å². The fourth-order valence-corrected chi connectivity index (χ4v) is 1.40. The molecule has 0 spiro atoms. The van der Waals surface area contributed by atoms with Crippen LogP contribution in [0.25, 0.3) is 11.5 Å². The molecule has 17 heavy (non-hydrogen) atoms. The monoisotopic (exact) mass is 237 g/mol. The van der Waals surface area contributed by atoms with Gasteiger partial charge in [-0.15, -0.1) is 0 Å². The number of nitrogens with zero attached hydrogens (tertiary/aromatic N) is 2. The SMILES string of the molecule is Cc1ccc(F)cc1-c1nc(C(N)CO)no1. The molecule has 0 bridgehead atoms. The van der Waals surface area contributed by atoms with Gasteiger partial charge in [0.1, 0.15) is 5.82 Å². The predicted molar refractivity (Wildman–Crippen MR) is 58.4 cm³/mol. The quantitative estimate of drug-likeness (QED) is 0.837.